The summed E-state index contributed by atoms with van der Waals surface area (Å²) in [6.45, 7) is 1.61. The van der Waals surface area contributed by atoms with Crippen LogP contribution in [0.2, 0.25) is 0 Å². The van der Waals surface area contributed by atoms with E-state index < -0.39 is 232 Å². The first-order valence-corrected chi connectivity index (χ1v) is 29.7. The van der Waals surface area contributed by atoms with Crippen LogP contribution in [-0.2, 0) is 99.1 Å². The van der Waals surface area contributed by atoms with Gasteiger partial charge >= 0.3 is 29.8 Å². The molecule has 1 aliphatic rings. The Morgan fingerprint density at radius 3 is 1.64 bits per heavy atom. The quantitative estimate of drug-likeness (QED) is 0.0311. The molecule has 2 heterocycles. The van der Waals surface area contributed by atoms with Gasteiger partial charge in [0.05, 0.1) is 38.8 Å². The minimum atomic E-state index is -2.22. The first-order chi connectivity index (χ1) is 44.9. The third kappa shape index (κ3) is 25.5. The van der Waals surface area contributed by atoms with Gasteiger partial charge in [-0.3, -0.25) is 76.7 Å². The van der Waals surface area contributed by atoms with E-state index in [0.717, 1.165) is 13.8 Å². The van der Waals surface area contributed by atoms with Gasteiger partial charge in [-0.25, -0.2) is 4.79 Å². The lowest BCUT2D eigenvalue weighted by atomic mass is 10.0. The molecule has 1 aromatic heterocycles. The van der Waals surface area contributed by atoms with Gasteiger partial charge in [0.25, 0.3) is 0 Å². The molecule has 36 nitrogen and oxygen atoms in total. The monoisotopic (exact) mass is 1340 g/mol. The van der Waals surface area contributed by atoms with Crippen molar-refractivity contribution >= 4 is 112 Å². The standard InChI is InChI=1S/C59H77N13O23/c1-4-5-7-16-43(75)65-41(27-73)57(92)72-49-29(3)95-59(94)40(20-31-25-61-33-15-11-10-14-32(31)33)71-51(86)34(17-18-45(77)78)66-54(89)36(21-42(60)74)67-50(85)28(2)63-52(87)38(23-47(81)82)69-53(88)35(19-30-12-8-6-9-13-30)68-56(91)39(24-48(83)84)70-55(90)37(22-46(79)80)64-44(76)26-62-58(49)93/h6,8-15,25,28-29,34-41,49,61,73H,4-5,7,16-24,26-27H2,1-3H3,(H2,60,74)(H,62,93)(H,63,87)(H,64,76)(H,65,75)(H,66,89)(H,67,85)(H,68,91)(H,69,88)(H,70,90)(H,71,86)(H,72,92)(H,77,78)(H,79,80)(H,81,82)(H,83,84)/t28-,29?,34?,35+,36+,37-,38-,39?,40-,41-,49?/m0/s1. The Morgan fingerprint density at radius 2 is 1.07 bits per heavy atom. The van der Waals surface area contributed by atoms with Gasteiger partial charge in [0.15, 0.2) is 0 Å². The topological polar surface area (TPSA) is 575 Å². The number of cyclic esters (lactones) is 1. The lowest BCUT2D eigenvalue weighted by Crippen LogP contribution is -2.61. The van der Waals surface area contributed by atoms with Crippen molar-refractivity contribution in [3.8, 4) is 0 Å². The first-order valence-electron chi connectivity index (χ1n) is 29.7. The van der Waals surface area contributed by atoms with Crippen LogP contribution in [0.4, 0.5) is 0 Å². The van der Waals surface area contributed by atoms with Crippen LogP contribution >= 0.6 is 0 Å². The summed E-state index contributed by atoms with van der Waals surface area (Å²) in [4.78, 5) is 232. The van der Waals surface area contributed by atoms with Gasteiger partial charge in [-0.05, 0) is 43.9 Å². The molecule has 3 aromatic rings. The van der Waals surface area contributed by atoms with Gasteiger partial charge in [-0.2, -0.15) is 0 Å². The van der Waals surface area contributed by atoms with Gasteiger partial charge in [-0.1, -0.05) is 68.3 Å². The Kier molecular flexibility index (Phi) is 30.1. The molecular formula is C59H77N13O23. The molecule has 1 fully saturated rings. The zero-order valence-electron chi connectivity index (χ0n) is 51.7. The Balaban J connectivity index is 1.89. The molecule has 0 aliphatic carbocycles. The number of esters is 1. The van der Waals surface area contributed by atoms with Gasteiger partial charge in [-0.15, -0.1) is 0 Å². The third-order valence-electron chi connectivity index (χ3n) is 14.4. The van der Waals surface area contributed by atoms with E-state index in [-0.39, 0.29) is 12.0 Å². The Bertz CT molecular complexity index is 3340. The summed E-state index contributed by atoms with van der Waals surface area (Å²) in [7, 11) is 0. The molecule has 4 unspecified atom stereocenters. The van der Waals surface area contributed by atoms with Crippen LogP contribution in [0.3, 0.4) is 0 Å². The van der Waals surface area contributed by atoms with Crippen LogP contribution < -0.4 is 64.2 Å². The normalized spacial score (nSPS) is 23.1. The molecule has 19 N–H and O–H groups in total. The fourth-order valence-corrected chi connectivity index (χ4v) is 9.41. The fraction of sp³-hybridized carbons (Fsp3) is 0.475. The lowest BCUT2D eigenvalue weighted by Gasteiger charge is -2.29. The number of amides is 12. The van der Waals surface area contributed by atoms with Gasteiger partial charge in [0, 0.05) is 42.8 Å². The first kappa shape index (κ1) is 76.4. The number of carboxylic acid groups (broad SMARTS) is 4. The summed E-state index contributed by atoms with van der Waals surface area (Å²) >= 11 is 0. The van der Waals surface area contributed by atoms with E-state index in [9.17, 15) is 107 Å². The lowest BCUT2D eigenvalue weighted by molar-refractivity contribution is -0.156. The van der Waals surface area contributed by atoms with Crippen molar-refractivity contribution in [2.75, 3.05) is 13.2 Å². The highest BCUT2D eigenvalue weighted by molar-refractivity contribution is 6.01. The Labute approximate surface area is 540 Å². The maximum absolute atomic E-state index is 14.6. The molecule has 1 aliphatic heterocycles. The number of primary amides is 1. The molecule has 11 atom stereocenters. The molecule has 0 radical (unpaired) electrons. The van der Waals surface area contributed by atoms with Gasteiger partial charge in [0.1, 0.15) is 66.5 Å². The van der Waals surface area contributed by atoms with Gasteiger partial charge in [0.2, 0.25) is 70.9 Å². The molecule has 4 rings (SSSR count). The molecule has 516 valence electrons. The number of benzene rings is 2. The maximum atomic E-state index is 14.6. The molecule has 0 bridgehead atoms. The minimum absolute atomic E-state index is 0.0973. The van der Waals surface area contributed by atoms with Crippen LogP contribution in [0.25, 0.3) is 10.9 Å². The molecule has 12 amide bonds. The SMILES string of the molecule is CCCCCC(=O)N[C@@H](CO)C(=O)NC1C(=O)NCC(=O)N[C@@H](CC(=O)O)C(=O)NC(CC(=O)O)C(=O)N[C@H](Cc2ccccc2)C(=O)N[C@@H](CC(=O)O)C(=O)N[C@@H](C)C(=O)N[C@H](CC(N)=O)C(=O)NC(CCC(=O)O)C(=O)N[C@@H](Cc2c[nH]c3ccccc23)C(=O)OC1C. The number of rotatable bonds is 23. The second kappa shape index (κ2) is 37.4. The smallest absolute Gasteiger partial charge is 0.329 e. The molecule has 1 saturated heterocycles. The minimum Gasteiger partial charge on any atom is -0.481 e. The molecule has 0 spiro atoms. The average Bonchev–Trinajstić information content (AvgIpc) is 1.77. The summed E-state index contributed by atoms with van der Waals surface area (Å²) < 4.78 is 5.74. The van der Waals surface area contributed by atoms with Crippen molar-refractivity contribution in [1.29, 1.82) is 0 Å². The number of aromatic nitrogens is 1. The fourth-order valence-electron chi connectivity index (χ4n) is 9.41. The second-order valence-electron chi connectivity index (χ2n) is 22.0. The Hall–Kier alpha value is -11.1. The zero-order chi connectivity index (χ0) is 70.6. The number of ether oxygens (including phenoxy) is 1. The molecule has 95 heavy (non-hydrogen) atoms. The number of para-hydroxylation sites is 1. The van der Waals surface area contributed by atoms with Crippen molar-refractivity contribution in [2.24, 2.45) is 5.73 Å². The van der Waals surface area contributed by atoms with Crippen LogP contribution in [0, 0.1) is 0 Å². The number of aromatic amines is 1. The van der Waals surface area contributed by atoms with Crippen molar-refractivity contribution in [3.63, 3.8) is 0 Å². The number of carboxylic acids is 4. The van der Waals surface area contributed by atoms with E-state index in [0.29, 0.717) is 35.7 Å². The van der Waals surface area contributed by atoms with Crippen molar-refractivity contribution < 1.29 is 112 Å². The van der Waals surface area contributed by atoms with E-state index in [2.05, 4.69) is 52.8 Å². The number of unbranched alkanes of at least 4 members (excludes halogenated alkanes) is 2. The van der Waals surface area contributed by atoms with Crippen LogP contribution in [0.15, 0.2) is 60.8 Å². The predicted octanol–water partition coefficient (Wildman–Crippen LogP) is -5.38. The number of hydrogen-bond donors (Lipinski definition) is 18. The molecule has 36 heteroatoms. The number of carbonyl (C=O) groups excluding carboxylic acids is 13. The average molecular weight is 1340 g/mol. The van der Waals surface area contributed by atoms with Crippen LogP contribution in [0.5, 0.6) is 0 Å². The summed E-state index contributed by atoms with van der Waals surface area (Å²) in [6.07, 6.45) is -6.30. The third-order valence-corrected chi connectivity index (χ3v) is 14.4. The highest BCUT2D eigenvalue weighted by Crippen LogP contribution is 2.21. The number of H-pyrrole nitrogens is 1. The van der Waals surface area contributed by atoms with E-state index in [4.69, 9.17) is 10.5 Å². The zero-order valence-corrected chi connectivity index (χ0v) is 51.7. The number of aliphatic hydroxyl groups excluding tert-OH is 1. The predicted molar refractivity (Wildman–Crippen MR) is 324 cm³/mol. The number of aliphatic hydroxyl groups is 1. The summed E-state index contributed by atoms with van der Waals surface area (Å²) in [5.74, 6) is -23.9. The number of hydrogen-bond acceptors (Lipinski definition) is 19. The highest BCUT2D eigenvalue weighted by Gasteiger charge is 2.39. The van der Waals surface area contributed by atoms with Crippen molar-refractivity contribution in [1.82, 2.24) is 63.5 Å². The van der Waals surface area contributed by atoms with E-state index in [1.54, 1.807) is 30.3 Å². The largest absolute Gasteiger partial charge is 0.481 e. The summed E-state index contributed by atoms with van der Waals surface area (Å²) in [5, 5.41) is 73.9. The second-order valence-corrected chi connectivity index (χ2v) is 22.0. The number of nitrogens with two attached hydrogens (primary N) is 1. The van der Waals surface area contributed by atoms with E-state index in [1.807, 2.05) is 17.6 Å². The number of fused-ring (bicyclic) bond motifs is 1. The van der Waals surface area contributed by atoms with Crippen molar-refractivity contribution in [3.05, 3.63) is 71.9 Å². The number of aliphatic carboxylic acids is 4. The maximum Gasteiger partial charge on any atom is 0.329 e. The Morgan fingerprint density at radius 1 is 0.568 bits per heavy atom. The van der Waals surface area contributed by atoms with Gasteiger partial charge < -0.3 is 99.5 Å². The number of carbonyl (C=O) groups is 17. The summed E-state index contributed by atoms with van der Waals surface area (Å²) in [5.41, 5.74) is 6.56. The van der Waals surface area contributed by atoms with E-state index in [1.165, 1.54) is 30.5 Å². The number of nitrogens with one attached hydrogen (secondary N) is 12. The van der Waals surface area contributed by atoms with Crippen LogP contribution in [-0.4, -0.2) is 211 Å². The molecule has 0 saturated carbocycles. The molecule has 2 aromatic carbocycles. The van der Waals surface area contributed by atoms with Crippen LogP contribution in [0.1, 0.15) is 96.1 Å². The van der Waals surface area contributed by atoms with E-state index >= 15 is 0 Å². The van der Waals surface area contributed by atoms with Crippen molar-refractivity contribution in [2.45, 2.75) is 164 Å². The highest BCUT2D eigenvalue weighted by atomic mass is 16.5. The molecular weight excluding hydrogens is 1260 g/mol. The summed E-state index contributed by atoms with van der Waals surface area (Å²) in [6, 6.07) is -6.01.